The molecule has 0 saturated carbocycles. The van der Waals surface area contributed by atoms with Gasteiger partial charge in [-0.05, 0) is 78.4 Å². The number of carbonyl (C=O) groups excluding carboxylic acids is 2. The Morgan fingerprint density at radius 3 is 1.85 bits per heavy atom. The fourth-order valence-electron chi connectivity index (χ4n) is 6.37. The van der Waals surface area contributed by atoms with Crippen LogP contribution >= 0.6 is 0 Å². The maximum absolute atomic E-state index is 14.9. The van der Waals surface area contributed by atoms with Crippen LogP contribution in [0.2, 0.25) is 0 Å². The maximum Gasteiger partial charge on any atom is 0.330 e. The molecule has 0 aliphatic rings. The van der Waals surface area contributed by atoms with E-state index in [9.17, 15) is 38.2 Å². The topological polar surface area (TPSA) is 136 Å². The highest BCUT2D eigenvalue weighted by atomic mass is 19.2. The summed E-state index contributed by atoms with van der Waals surface area (Å²) < 4.78 is 28.2. The van der Waals surface area contributed by atoms with E-state index in [1.807, 2.05) is 32.9 Å². The number of nitrogens with zero attached hydrogens (tertiary/aromatic N) is 1. The third-order valence-electron chi connectivity index (χ3n) is 8.79. The molecule has 9 nitrogen and oxygen atoms in total. The maximum atomic E-state index is 14.9. The van der Waals surface area contributed by atoms with E-state index < -0.39 is 47.5 Å². The monoisotopic (exact) mass is 705 g/mol. The summed E-state index contributed by atoms with van der Waals surface area (Å²) in [7, 11) is 0. The van der Waals surface area contributed by atoms with E-state index in [2.05, 4.69) is 10.6 Å². The molecule has 5 rings (SSSR count). The smallest absolute Gasteiger partial charge is 0.330 e. The number of benzene rings is 5. The first-order valence-corrected chi connectivity index (χ1v) is 16.4. The van der Waals surface area contributed by atoms with Crippen LogP contribution in [0, 0.1) is 32.4 Å². The molecule has 0 unspecified atom stereocenters. The number of hydrogen-bond acceptors (Lipinski definition) is 4. The third kappa shape index (κ3) is 8.32. The number of anilines is 2. The van der Waals surface area contributed by atoms with E-state index in [-0.39, 0.29) is 29.8 Å². The number of carboxylic acid groups (broad SMARTS) is 2. The summed E-state index contributed by atoms with van der Waals surface area (Å²) in [4.78, 5) is 55.3. The molecule has 0 aliphatic carbocycles. The average molecular weight is 706 g/mol. The van der Waals surface area contributed by atoms with Gasteiger partial charge >= 0.3 is 18.0 Å². The minimum atomic E-state index is -2.30. The molecule has 0 aromatic heterocycles. The molecule has 0 radical (unpaired) electrons. The number of rotatable bonds is 12. The Kier molecular flexibility index (Phi) is 11.1. The van der Waals surface area contributed by atoms with Crippen LogP contribution in [-0.4, -0.2) is 44.5 Å². The lowest BCUT2D eigenvalue weighted by Gasteiger charge is -2.40. The van der Waals surface area contributed by atoms with Gasteiger partial charge in [0.05, 0.1) is 17.7 Å². The number of amides is 3. The van der Waals surface area contributed by atoms with Crippen LogP contribution in [0.3, 0.4) is 0 Å². The predicted molar refractivity (Wildman–Crippen MR) is 194 cm³/mol. The standard InChI is InChI=1S/C41H37F2N3O6/c1-25-18-26(2)37(27(3)19-25)45-40(52)44-35-21-31(30-15-17-33(42)34(43)20-30)14-16-32(35)38(49)46(24-29-12-8-5-9-13-29)41(39(50)51,23-36(47)48)22-28-10-6-4-7-11-28/h4-21H,22-24H2,1-3H3,(H,47,48)(H,50,51)(H2,44,45,52)/t41-/m1/s1. The van der Waals surface area contributed by atoms with Gasteiger partial charge < -0.3 is 25.7 Å². The molecule has 5 aromatic rings. The first kappa shape index (κ1) is 36.9. The molecular formula is C41H37F2N3O6. The van der Waals surface area contributed by atoms with Gasteiger partial charge in [-0.2, -0.15) is 0 Å². The lowest BCUT2D eigenvalue weighted by atomic mass is 9.84. The van der Waals surface area contributed by atoms with Gasteiger partial charge in [-0.3, -0.25) is 9.59 Å². The van der Waals surface area contributed by atoms with Gasteiger partial charge in [0.25, 0.3) is 5.91 Å². The lowest BCUT2D eigenvalue weighted by Crippen LogP contribution is -2.59. The molecule has 0 saturated heterocycles. The summed E-state index contributed by atoms with van der Waals surface area (Å²) in [5, 5.41) is 26.5. The predicted octanol–water partition coefficient (Wildman–Crippen LogP) is 8.38. The van der Waals surface area contributed by atoms with Crippen LogP contribution in [0.4, 0.5) is 25.0 Å². The van der Waals surface area contributed by atoms with Crippen molar-refractivity contribution in [1.29, 1.82) is 0 Å². The van der Waals surface area contributed by atoms with E-state index in [1.54, 1.807) is 60.7 Å². The molecule has 4 N–H and O–H groups in total. The van der Waals surface area contributed by atoms with Crippen molar-refractivity contribution in [3.8, 4) is 11.1 Å². The Bertz CT molecular complexity index is 2120. The highest BCUT2D eigenvalue weighted by molar-refractivity contribution is 6.09. The molecule has 0 aliphatic heterocycles. The van der Waals surface area contributed by atoms with Crippen LogP contribution in [0.15, 0.2) is 109 Å². The van der Waals surface area contributed by atoms with Crippen molar-refractivity contribution < 1.29 is 38.2 Å². The Morgan fingerprint density at radius 2 is 1.27 bits per heavy atom. The zero-order valence-corrected chi connectivity index (χ0v) is 28.7. The second-order valence-corrected chi connectivity index (χ2v) is 12.7. The molecular weight excluding hydrogens is 668 g/mol. The highest BCUT2D eigenvalue weighted by Crippen LogP contribution is 2.34. The molecule has 266 valence electrons. The van der Waals surface area contributed by atoms with Crippen LogP contribution in [-0.2, 0) is 22.6 Å². The van der Waals surface area contributed by atoms with Gasteiger partial charge in [0.1, 0.15) is 0 Å². The van der Waals surface area contributed by atoms with Gasteiger partial charge in [0.2, 0.25) is 0 Å². The summed E-state index contributed by atoms with van der Waals surface area (Å²) in [5.41, 5.74) is 2.10. The highest BCUT2D eigenvalue weighted by Gasteiger charge is 2.49. The molecule has 1 atom stereocenters. The Hall–Kier alpha value is -6.36. The zero-order chi connectivity index (χ0) is 37.6. The van der Waals surface area contributed by atoms with Gasteiger partial charge in [-0.25, -0.2) is 18.4 Å². The van der Waals surface area contributed by atoms with Crippen LogP contribution in [0.25, 0.3) is 11.1 Å². The van der Waals surface area contributed by atoms with Crippen LogP contribution < -0.4 is 10.6 Å². The minimum Gasteiger partial charge on any atom is -0.481 e. The Labute approximate surface area is 299 Å². The molecule has 5 aromatic carbocycles. The summed E-state index contributed by atoms with van der Waals surface area (Å²) in [6, 6.07) is 27.4. The Balaban J connectivity index is 1.67. The minimum absolute atomic E-state index is 0.0838. The molecule has 11 heteroatoms. The number of urea groups is 1. The average Bonchev–Trinajstić information content (AvgIpc) is 3.10. The first-order chi connectivity index (χ1) is 24.8. The number of halogens is 2. The molecule has 52 heavy (non-hydrogen) atoms. The van der Waals surface area contributed by atoms with Crippen LogP contribution in [0.5, 0.6) is 0 Å². The SMILES string of the molecule is Cc1cc(C)c(NC(=O)Nc2cc(-c3ccc(F)c(F)c3)ccc2C(=O)N(Cc2ccccc2)[C@@](CC(=O)O)(Cc2ccccc2)C(=O)O)c(C)c1. The normalized spacial score (nSPS) is 12.0. The lowest BCUT2D eigenvalue weighted by molar-refractivity contribution is -0.157. The summed E-state index contributed by atoms with van der Waals surface area (Å²) >= 11 is 0. The number of nitrogens with one attached hydrogen (secondary N) is 2. The first-order valence-electron chi connectivity index (χ1n) is 16.4. The van der Waals surface area contributed by atoms with E-state index in [1.165, 1.54) is 24.3 Å². The quantitative estimate of drug-likeness (QED) is 0.103. The molecule has 0 spiro atoms. The number of aryl methyl sites for hydroxylation is 3. The summed E-state index contributed by atoms with van der Waals surface area (Å²) in [5.74, 6) is -6.04. The van der Waals surface area contributed by atoms with E-state index >= 15 is 0 Å². The van der Waals surface area contributed by atoms with Crippen molar-refractivity contribution in [3.05, 3.63) is 154 Å². The molecule has 0 fully saturated rings. The number of hydrogen-bond donors (Lipinski definition) is 4. The summed E-state index contributed by atoms with van der Waals surface area (Å²) in [6.45, 7) is 5.28. The van der Waals surface area contributed by atoms with Gasteiger partial charge in [0.15, 0.2) is 17.2 Å². The summed E-state index contributed by atoms with van der Waals surface area (Å²) in [6.07, 6.45) is -1.30. The largest absolute Gasteiger partial charge is 0.481 e. The van der Waals surface area contributed by atoms with E-state index in [4.69, 9.17) is 0 Å². The van der Waals surface area contributed by atoms with Gasteiger partial charge in [-0.15, -0.1) is 0 Å². The van der Waals surface area contributed by atoms with Crippen molar-refractivity contribution in [2.24, 2.45) is 0 Å². The van der Waals surface area contributed by atoms with Gasteiger partial charge in [-0.1, -0.05) is 90.5 Å². The van der Waals surface area contributed by atoms with Crippen molar-refractivity contribution >= 4 is 35.3 Å². The number of aliphatic carboxylic acids is 2. The van der Waals surface area contributed by atoms with E-state index in [0.717, 1.165) is 33.7 Å². The second-order valence-electron chi connectivity index (χ2n) is 12.7. The van der Waals surface area contributed by atoms with Gasteiger partial charge in [0, 0.05) is 18.7 Å². The van der Waals surface area contributed by atoms with Crippen molar-refractivity contribution in [2.75, 3.05) is 10.6 Å². The molecule has 3 amide bonds. The second kappa shape index (κ2) is 15.7. The van der Waals surface area contributed by atoms with Crippen molar-refractivity contribution in [2.45, 2.75) is 45.7 Å². The van der Waals surface area contributed by atoms with E-state index in [0.29, 0.717) is 22.4 Å². The third-order valence-corrected chi connectivity index (χ3v) is 8.79. The fraction of sp³-hybridized carbons (Fsp3) is 0.171. The molecule has 0 heterocycles. The van der Waals surface area contributed by atoms with Crippen molar-refractivity contribution in [1.82, 2.24) is 4.90 Å². The number of carbonyl (C=O) groups is 4. The molecule has 0 bridgehead atoms. The number of carboxylic acids is 2. The van der Waals surface area contributed by atoms with Crippen molar-refractivity contribution in [3.63, 3.8) is 0 Å². The fourth-order valence-corrected chi connectivity index (χ4v) is 6.37. The zero-order valence-electron chi connectivity index (χ0n) is 28.7. The van der Waals surface area contributed by atoms with Crippen LogP contribution in [0.1, 0.15) is 44.6 Å². The Morgan fingerprint density at radius 1 is 0.692 bits per heavy atom.